The molecular formula is C27H28ClFN8O. The van der Waals surface area contributed by atoms with Gasteiger partial charge in [-0.25, -0.2) is 14.3 Å². The predicted octanol–water partition coefficient (Wildman–Crippen LogP) is 4.38. The van der Waals surface area contributed by atoms with Gasteiger partial charge in [0.15, 0.2) is 5.82 Å². The zero-order valence-corrected chi connectivity index (χ0v) is 22.0. The summed E-state index contributed by atoms with van der Waals surface area (Å²) in [6, 6.07) is 13.0. The number of anilines is 5. The van der Waals surface area contributed by atoms with Gasteiger partial charge in [-0.15, -0.1) is 0 Å². The van der Waals surface area contributed by atoms with E-state index in [1.165, 1.54) is 23.2 Å². The first-order valence-electron chi connectivity index (χ1n) is 12.7. The summed E-state index contributed by atoms with van der Waals surface area (Å²) in [5.74, 6) is 0.0211. The molecule has 11 heteroatoms. The number of carbonyl (C=O) groups excluding carboxylic acids is 1. The van der Waals surface area contributed by atoms with Crippen LogP contribution >= 0.6 is 11.6 Å². The van der Waals surface area contributed by atoms with Gasteiger partial charge in [0.2, 0.25) is 11.9 Å². The van der Waals surface area contributed by atoms with Crippen LogP contribution in [-0.4, -0.2) is 73.1 Å². The minimum Gasteiger partial charge on any atom is -0.372 e. The van der Waals surface area contributed by atoms with Gasteiger partial charge in [-0.2, -0.15) is 4.98 Å². The Balaban J connectivity index is 1.23. The maximum atomic E-state index is 14.7. The summed E-state index contributed by atoms with van der Waals surface area (Å²) < 4.78 is 14.7. The number of amides is 1. The number of likely N-dealkylation sites (tertiary alicyclic amines) is 1. The molecule has 3 aliphatic rings. The second-order valence-corrected chi connectivity index (χ2v) is 10.2. The highest BCUT2D eigenvalue weighted by Gasteiger charge is 2.41. The van der Waals surface area contributed by atoms with Gasteiger partial charge in [0.25, 0.3) is 5.91 Å². The third kappa shape index (κ3) is 4.33. The van der Waals surface area contributed by atoms with Crippen LogP contribution in [0.4, 0.5) is 33.2 Å². The third-order valence-corrected chi connectivity index (χ3v) is 7.71. The number of carbonyl (C=O) groups is 1. The highest BCUT2D eigenvalue weighted by Crippen LogP contribution is 2.37. The Morgan fingerprint density at radius 2 is 1.87 bits per heavy atom. The molecule has 196 valence electrons. The van der Waals surface area contributed by atoms with E-state index in [1.807, 2.05) is 12.1 Å². The SMILES string of the molecule is CN1CCC(N(C)c2ccc(Nc3ncc4c(n3)N3CCN=C3N(c3c(F)cccc3Cl)C4=O)cc2)CC1. The Kier molecular flexibility index (Phi) is 6.37. The number of hydrogen-bond acceptors (Lipinski definition) is 8. The van der Waals surface area contributed by atoms with Gasteiger partial charge >= 0.3 is 0 Å². The Morgan fingerprint density at radius 1 is 1.11 bits per heavy atom. The smallest absolute Gasteiger partial charge is 0.270 e. The van der Waals surface area contributed by atoms with E-state index in [-0.39, 0.29) is 16.3 Å². The molecule has 3 aliphatic heterocycles. The fourth-order valence-electron chi connectivity index (χ4n) is 5.23. The maximum absolute atomic E-state index is 14.7. The average Bonchev–Trinajstić information content (AvgIpc) is 3.41. The van der Waals surface area contributed by atoms with E-state index >= 15 is 0 Å². The molecule has 0 atom stereocenters. The number of aromatic nitrogens is 2. The van der Waals surface area contributed by atoms with Crippen LogP contribution in [-0.2, 0) is 0 Å². The first-order chi connectivity index (χ1) is 18.4. The lowest BCUT2D eigenvalue weighted by Crippen LogP contribution is -2.51. The standard InChI is InChI=1S/C27H28ClFN8O/c1-34-13-10-19(11-14-34)35(2)18-8-6-17(7-9-18)32-26-31-16-20-24(33-26)36-15-12-30-27(36)37(25(20)38)23-21(28)4-3-5-22(23)29/h3-9,16,19H,10-15H2,1-2H3,(H,31,32,33). The summed E-state index contributed by atoms with van der Waals surface area (Å²) >= 11 is 6.29. The van der Waals surface area contributed by atoms with Crippen LogP contribution in [0.1, 0.15) is 23.2 Å². The first kappa shape index (κ1) is 24.6. The molecule has 0 aliphatic carbocycles. The normalized spacial score (nSPS) is 17.8. The van der Waals surface area contributed by atoms with Crippen molar-refractivity contribution in [3.05, 3.63) is 65.1 Å². The molecule has 2 aromatic carbocycles. The van der Waals surface area contributed by atoms with Crippen molar-refractivity contribution in [2.24, 2.45) is 4.99 Å². The van der Waals surface area contributed by atoms with Crippen LogP contribution in [0.25, 0.3) is 0 Å². The fourth-order valence-corrected chi connectivity index (χ4v) is 5.48. The lowest BCUT2D eigenvalue weighted by atomic mass is 10.0. The number of para-hydroxylation sites is 1. The minimum absolute atomic E-state index is 0.0250. The zero-order chi connectivity index (χ0) is 26.4. The Morgan fingerprint density at radius 3 is 2.61 bits per heavy atom. The molecule has 1 amide bonds. The molecule has 1 aromatic heterocycles. The van der Waals surface area contributed by atoms with E-state index in [9.17, 15) is 9.18 Å². The molecule has 0 saturated carbocycles. The van der Waals surface area contributed by atoms with E-state index in [0.717, 1.165) is 37.3 Å². The number of rotatable bonds is 5. The van der Waals surface area contributed by atoms with E-state index in [0.29, 0.717) is 36.9 Å². The highest BCUT2D eigenvalue weighted by molar-refractivity contribution is 6.38. The van der Waals surface area contributed by atoms with Gasteiger partial charge in [-0.1, -0.05) is 17.7 Å². The molecule has 9 nitrogen and oxygen atoms in total. The van der Waals surface area contributed by atoms with Crippen LogP contribution < -0.4 is 20.0 Å². The molecule has 0 spiro atoms. The summed E-state index contributed by atoms with van der Waals surface area (Å²) in [6.07, 6.45) is 3.76. The van der Waals surface area contributed by atoms with Crippen molar-refractivity contribution < 1.29 is 9.18 Å². The second-order valence-electron chi connectivity index (χ2n) is 9.79. The van der Waals surface area contributed by atoms with E-state index in [2.05, 4.69) is 56.3 Å². The minimum atomic E-state index is -0.604. The number of hydrogen-bond donors (Lipinski definition) is 1. The number of halogens is 2. The Labute approximate surface area is 225 Å². The number of guanidine groups is 1. The number of aliphatic imine (C=N–C) groups is 1. The van der Waals surface area contributed by atoms with Crippen LogP contribution in [0.2, 0.25) is 5.02 Å². The van der Waals surface area contributed by atoms with Gasteiger partial charge in [0.05, 0.1) is 11.6 Å². The van der Waals surface area contributed by atoms with E-state index in [1.54, 1.807) is 11.0 Å². The van der Waals surface area contributed by atoms with Crippen LogP contribution in [0.3, 0.4) is 0 Å². The Bertz CT molecular complexity index is 1390. The van der Waals surface area contributed by atoms with Crippen molar-refractivity contribution in [2.75, 3.05) is 60.3 Å². The number of nitrogens with zero attached hydrogens (tertiary/aromatic N) is 7. The number of piperidine rings is 1. The zero-order valence-electron chi connectivity index (χ0n) is 21.2. The summed E-state index contributed by atoms with van der Waals surface area (Å²) in [5.41, 5.74) is 2.23. The lowest BCUT2D eigenvalue weighted by Gasteiger charge is -2.36. The molecular weight excluding hydrogens is 507 g/mol. The van der Waals surface area contributed by atoms with Crippen molar-refractivity contribution >= 4 is 52.3 Å². The van der Waals surface area contributed by atoms with Crippen molar-refractivity contribution in [3.63, 3.8) is 0 Å². The van der Waals surface area contributed by atoms with Crippen molar-refractivity contribution in [1.29, 1.82) is 0 Å². The van der Waals surface area contributed by atoms with Gasteiger partial charge in [-0.05, 0) is 69.4 Å². The quantitative estimate of drug-likeness (QED) is 0.520. The molecule has 38 heavy (non-hydrogen) atoms. The van der Waals surface area contributed by atoms with Crippen LogP contribution in [0.15, 0.2) is 53.7 Å². The van der Waals surface area contributed by atoms with Crippen molar-refractivity contribution in [2.45, 2.75) is 18.9 Å². The van der Waals surface area contributed by atoms with Crippen molar-refractivity contribution in [1.82, 2.24) is 14.9 Å². The fraction of sp³-hybridized carbons (Fsp3) is 0.333. The number of fused-ring (bicyclic) bond motifs is 3. The largest absolute Gasteiger partial charge is 0.372 e. The molecule has 0 bridgehead atoms. The van der Waals surface area contributed by atoms with E-state index < -0.39 is 11.7 Å². The highest BCUT2D eigenvalue weighted by atomic mass is 35.5. The summed E-state index contributed by atoms with van der Waals surface area (Å²) in [4.78, 5) is 34.7. The molecule has 6 rings (SSSR count). The molecule has 1 fully saturated rings. The number of nitrogens with one attached hydrogen (secondary N) is 1. The summed E-state index contributed by atoms with van der Waals surface area (Å²) in [7, 11) is 4.32. The molecule has 0 radical (unpaired) electrons. The van der Waals surface area contributed by atoms with E-state index in [4.69, 9.17) is 11.6 Å². The van der Waals surface area contributed by atoms with Crippen LogP contribution in [0, 0.1) is 5.82 Å². The number of benzene rings is 2. The van der Waals surface area contributed by atoms with Gasteiger partial charge in [0.1, 0.15) is 17.1 Å². The summed E-state index contributed by atoms with van der Waals surface area (Å²) in [5, 5.41) is 3.37. The second kappa shape index (κ2) is 9.85. The molecule has 3 aromatic rings. The van der Waals surface area contributed by atoms with Crippen molar-refractivity contribution in [3.8, 4) is 0 Å². The van der Waals surface area contributed by atoms with Crippen LogP contribution in [0.5, 0.6) is 0 Å². The van der Waals surface area contributed by atoms with Gasteiger partial charge in [0, 0.05) is 37.2 Å². The van der Waals surface area contributed by atoms with Gasteiger partial charge < -0.3 is 15.1 Å². The summed E-state index contributed by atoms with van der Waals surface area (Å²) in [6.45, 7) is 3.18. The third-order valence-electron chi connectivity index (χ3n) is 7.40. The molecule has 1 saturated heterocycles. The Hall–Kier alpha value is -3.76. The molecule has 4 heterocycles. The predicted molar refractivity (Wildman–Crippen MR) is 149 cm³/mol. The lowest BCUT2D eigenvalue weighted by molar-refractivity contribution is 0.0999. The maximum Gasteiger partial charge on any atom is 0.270 e. The molecule has 1 N–H and O–H groups in total. The topological polar surface area (TPSA) is 80.2 Å². The first-order valence-corrected chi connectivity index (χ1v) is 13.0. The average molecular weight is 535 g/mol. The van der Waals surface area contributed by atoms with Gasteiger partial charge in [-0.3, -0.25) is 14.7 Å². The molecule has 0 unspecified atom stereocenters. The monoisotopic (exact) mass is 534 g/mol.